The second-order valence-electron chi connectivity index (χ2n) is 6.64. The number of aromatic nitrogens is 4. The van der Waals surface area contributed by atoms with Gasteiger partial charge in [0, 0.05) is 34.9 Å². The van der Waals surface area contributed by atoms with Gasteiger partial charge in [-0.3, -0.25) is 4.98 Å². The van der Waals surface area contributed by atoms with Gasteiger partial charge in [-0.05, 0) is 38.7 Å². The van der Waals surface area contributed by atoms with Crippen molar-refractivity contribution in [3.8, 4) is 17.1 Å². The lowest BCUT2D eigenvalue weighted by atomic mass is 9.98. The minimum absolute atomic E-state index is 0.159. The summed E-state index contributed by atoms with van der Waals surface area (Å²) in [4.78, 5) is 15.7. The number of hydrogen-bond donors (Lipinski definition) is 1. The molecule has 7 heteroatoms. The molecule has 1 N–H and O–H groups in total. The smallest absolute Gasteiger partial charge is 0.281 e. The Labute approximate surface area is 149 Å². The molecule has 1 aliphatic carbocycles. The molecule has 0 atom stereocenters. The van der Waals surface area contributed by atoms with E-state index in [0.717, 1.165) is 25.7 Å². The van der Waals surface area contributed by atoms with Crippen molar-refractivity contribution in [2.75, 3.05) is 0 Å². The Hall–Kier alpha value is -2.57. The first-order valence-corrected chi connectivity index (χ1v) is 8.88. The fraction of sp³-hybridized carbons (Fsp3) is 0.421. The zero-order valence-electron chi connectivity index (χ0n) is 14.5. The fourth-order valence-corrected chi connectivity index (χ4v) is 3.56. The summed E-state index contributed by atoms with van der Waals surface area (Å²) in [5.74, 6) is 1.04. The Balaban J connectivity index is 1.75. The van der Waals surface area contributed by atoms with Crippen LogP contribution in [0.15, 0.2) is 24.5 Å². The standard InChI is InChI=1S/C19H20F2N4O/c1-11-24-15(9-16(25-11)26-12-5-3-2-4-6-12)13-10-23-14-7-8-22-18(17(13)14)19(20)21/h7-10,12,19,23H,2-6H2,1H3. The molecule has 0 spiro atoms. The molecule has 0 unspecified atom stereocenters. The van der Waals surface area contributed by atoms with E-state index in [1.807, 2.05) is 0 Å². The molecule has 136 valence electrons. The monoisotopic (exact) mass is 358 g/mol. The average molecular weight is 358 g/mol. The molecule has 0 radical (unpaired) electrons. The average Bonchev–Trinajstić information content (AvgIpc) is 3.06. The van der Waals surface area contributed by atoms with Crippen molar-refractivity contribution in [3.63, 3.8) is 0 Å². The summed E-state index contributed by atoms with van der Waals surface area (Å²) in [7, 11) is 0. The highest BCUT2D eigenvalue weighted by Crippen LogP contribution is 2.34. The van der Waals surface area contributed by atoms with E-state index in [2.05, 4.69) is 19.9 Å². The Kier molecular flexibility index (Phi) is 4.53. The first-order valence-electron chi connectivity index (χ1n) is 8.88. The first-order chi connectivity index (χ1) is 12.6. The van der Waals surface area contributed by atoms with Crippen molar-refractivity contribution in [3.05, 3.63) is 36.0 Å². The molecule has 26 heavy (non-hydrogen) atoms. The van der Waals surface area contributed by atoms with Crippen LogP contribution in [0.2, 0.25) is 0 Å². The Morgan fingerprint density at radius 1 is 1.19 bits per heavy atom. The molecule has 0 aromatic carbocycles. The van der Waals surface area contributed by atoms with Crippen LogP contribution in [-0.2, 0) is 0 Å². The van der Waals surface area contributed by atoms with Crippen LogP contribution in [-0.4, -0.2) is 26.0 Å². The topological polar surface area (TPSA) is 63.7 Å². The number of alkyl halides is 2. The highest BCUT2D eigenvalue weighted by Gasteiger charge is 2.21. The van der Waals surface area contributed by atoms with E-state index >= 15 is 0 Å². The minimum atomic E-state index is -2.66. The maximum atomic E-state index is 13.4. The minimum Gasteiger partial charge on any atom is -0.474 e. The largest absolute Gasteiger partial charge is 0.474 e. The van der Waals surface area contributed by atoms with Gasteiger partial charge in [-0.1, -0.05) is 6.42 Å². The van der Waals surface area contributed by atoms with Crippen LogP contribution in [0.5, 0.6) is 5.88 Å². The number of rotatable bonds is 4. The molecule has 0 aliphatic heterocycles. The number of aromatic amines is 1. The van der Waals surface area contributed by atoms with Crippen LogP contribution >= 0.6 is 0 Å². The summed E-state index contributed by atoms with van der Waals surface area (Å²) >= 11 is 0. The van der Waals surface area contributed by atoms with Gasteiger partial charge >= 0.3 is 0 Å². The second kappa shape index (κ2) is 6.97. The van der Waals surface area contributed by atoms with E-state index in [0.29, 0.717) is 33.9 Å². The summed E-state index contributed by atoms with van der Waals surface area (Å²) in [6.07, 6.45) is 6.17. The Morgan fingerprint density at radius 2 is 2.00 bits per heavy atom. The molecule has 5 nitrogen and oxygen atoms in total. The molecule has 3 heterocycles. The van der Waals surface area contributed by atoms with Crippen LogP contribution in [0.3, 0.4) is 0 Å². The van der Waals surface area contributed by atoms with E-state index in [1.54, 1.807) is 25.3 Å². The molecule has 0 bridgehead atoms. The SMILES string of the molecule is Cc1nc(OC2CCCCC2)cc(-c2c[nH]c3ccnc(C(F)F)c23)n1. The van der Waals surface area contributed by atoms with Crippen molar-refractivity contribution >= 4 is 10.9 Å². The van der Waals surface area contributed by atoms with Gasteiger partial charge < -0.3 is 9.72 Å². The number of pyridine rings is 1. The number of ether oxygens (including phenoxy) is 1. The molecule has 4 rings (SSSR count). The second-order valence-corrected chi connectivity index (χ2v) is 6.64. The van der Waals surface area contributed by atoms with Gasteiger partial charge in [0.1, 0.15) is 17.6 Å². The fourth-order valence-electron chi connectivity index (χ4n) is 3.56. The molecule has 0 saturated heterocycles. The molecule has 1 saturated carbocycles. The van der Waals surface area contributed by atoms with Gasteiger partial charge in [0.2, 0.25) is 5.88 Å². The summed E-state index contributed by atoms with van der Waals surface area (Å²) in [5, 5.41) is 0.393. The summed E-state index contributed by atoms with van der Waals surface area (Å²) < 4.78 is 32.8. The van der Waals surface area contributed by atoms with E-state index < -0.39 is 6.43 Å². The molecule has 0 amide bonds. The summed E-state index contributed by atoms with van der Waals surface area (Å²) in [5.41, 5.74) is 1.51. The predicted octanol–water partition coefficient (Wildman–Crippen LogP) is 4.98. The van der Waals surface area contributed by atoms with Crippen LogP contribution in [0.1, 0.15) is 50.0 Å². The van der Waals surface area contributed by atoms with Crippen molar-refractivity contribution in [2.24, 2.45) is 0 Å². The lowest BCUT2D eigenvalue weighted by molar-refractivity contribution is 0.148. The highest BCUT2D eigenvalue weighted by molar-refractivity contribution is 5.96. The number of H-pyrrole nitrogens is 1. The predicted molar refractivity (Wildman–Crippen MR) is 94.3 cm³/mol. The number of hydrogen-bond acceptors (Lipinski definition) is 4. The normalized spacial score (nSPS) is 15.7. The third-order valence-electron chi connectivity index (χ3n) is 4.76. The van der Waals surface area contributed by atoms with Gasteiger partial charge in [-0.25, -0.2) is 13.8 Å². The zero-order chi connectivity index (χ0) is 18.1. The number of fused-ring (bicyclic) bond motifs is 1. The maximum Gasteiger partial charge on any atom is 0.281 e. The van der Waals surface area contributed by atoms with Crippen molar-refractivity contribution in [2.45, 2.75) is 51.6 Å². The number of nitrogens with zero attached hydrogens (tertiary/aromatic N) is 3. The lowest BCUT2D eigenvalue weighted by Gasteiger charge is -2.22. The maximum absolute atomic E-state index is 13.4. The van der Waals surface area contributed by atoms with Crippen LogP contribution in [0.4, 0.5) is 8.78 Å². The number of aryl methyl sites for hydroxylation is 1. The molecule has 3 aromatic heterocycles. The van der Waals surface area contributed by atoms with Gasteiger partial charge in [-0.15, -0.1) is 0 Å². The van der Waals surface area contributed by atoms with E-state index in [9.17, 15) is 8.78 Å². The summed E-state index contributed by atoms with van der Waals surface area (Å²) in [6, 6.07) is 3.41. The molecule has 3 aromatic rings. The molecule has 1 fully saturated rings. The van der Waals surface area contributed by atoms with Gasteiger partial charge in [0.25, 0.3) is 6.43 Å². The molecular formula is C19H20F2N4O. The van der Waals surface area contributed by atoms with Crippen molar-refractivity contribution < 1.29 is 13.5 Å². The molecular weight excluding hydrogens is 338 g/mol. The van der Waals surface area contributed by atoms with Crippen LogP contribution in [0, 0.1) is 6.92 Å². The van der Waals surface area contributed by atoms with Crippen molar-refractivity contribution in [1.29, 1.82) is 0 Å². The number of nitrogens with one attached hydrogen (secondary N) is 1. The van der Waals surface area contributed by atoms with Crippen LogP contribution < -0.4 is 4.74 Å². The molecule has 1 aliphatic rings. The van der Waals surface area contributed by atoms with Gasteiger partial charge in [-0.2, -0.15) is 4.98 Å². The lowest BCUT2D eigenvalue weighted by Crippen LogP contribution is -2.20. The third kappa shape index (κ3) is 3.25. The van der Waals surface area contributed by atoms with E-state index in [4.69, 9.17) is 4.74 Å². The van der Waals surface area contributed by atoms with E-state index in [-0.39, 0.29) is 11.8 Å². The van der Waals surface area contributed by atoms with Crippen molar-refractivity contribution in [1.82, 2.24) is 19.9 Å². The van der Waals surface area contributed by atoms with Crippen LogP contribution in [0.25, 0.3) is 22.2 Å². The number of halogens is 2. The van der Waals surface area contributed by atoms with E-state index in [1.165, 1.54) is 12.6 Å². The first kappa shape index (κ1) is 16.9. The zero-order valence-corrected chi connectivity index (χ0v) is 14.5. The summed E-state index contributed by atoms with van der Waals surface area (Å²) in [6.45, 7) is 1.78. The third-order valence-corrected chi connectivity index (χ3v) is 4.76. The van der Waals surface area contributed by atoms with Gasteiger partial charge in [0.15, 0.2) is 0 Å². The quantitative estimate of drug-likeness (QED) is 0.715. The van der Waals surface area contributed by atoms with Gasteiger partial charge in [0.05, 0.1) is 5.69 Å². The highest BCUT2D eigenvalue weighted by atomic mass is 19.3. The Bertz CT molecular complexity index is 919. The Morgan fingerprint density at radius 3 is 2.77 bits per heavy atom.